The minimum atomic E-state index is -3.34. The van der Waals surface area contributed by atoms with Gasteiger partial charge in [-0.1, -0.05) is 0 Å². The van der Waals surface area contributed by atoms with Crippen LogP contribution in [0, 0.1) is 0 Å². The topological polar surface area (TPSA) is 80.3 Å². The molecule has 0 amide bonds. The maximum absolute atomic E-state index is 10.5. The van der Waals surface area contributed by atoms with Crippen molar-refractivity contribution in [3.05, 3.63) is 0 Å². The fourth-order valence-corrected chi connectivity index (χ4v) is 0. The van der Waals surface area contributed by atoms with Gasteiger partial charge in [0.05, 0.1) is 0 Å². The molecule has 0 unspecified atom stereocenters. The quantitative estimate of drug-likeness (QED) is 0.380. The van der Waals surface area contributed by atoms with E-state index in [0.717, 1.165) is 0 Å². The summed E-state index contributed by atoms with van der Waals surface area (Å²) in [5.41, 5.74) is 0. The van der Waals surface area contributed by atoms with E-state index in [1.165, 1.54) is 0 Å². The van der Waals surface area contributed by atoms with E-state index in [9.17, 15) is 17.6 Å². The Morgan fingerprint density at radius 3 is 0.923 bits per heavy atom. The number of carbonyl (C=O) groups is 2. The smallest absolute Gasteiger partial charge is 0.544 e. The summed E-state index contributed by atoms with van der Waals surface area (Å²) in [5, 5.41) is 17.7. The number of carbonyl (C=O) groups excluding carboxylic acids is 2. The van der Waals surface area contributed by atoms with E-state index < -0.39 is 24.8 Å². The molecule has 0 radical (unpaired) electrons. The molecule has 0 fully saturated rings. The van der Waals surface area contributed by atoms with Crippen LogP contribution in [0.2, 0.25) is 0 Å². The van der Waals surface area contributed by atoms with Gasteiger partial charge in [-0.15, -0.1) is 0 Å². The Hall–Kier alpha value is -0.574. The third kappa shape index (κ3) is 18.4. The molecule has 13 heavy (non-hydrogen) atoms. The van der Waals surface area contributed by atoms with Crippen molar-refractivity contribution in [2.45, 2.75) is 12.9 Å². The van der Waals surface area contributed by atoms with Crippen molar-refractivity contribution in [2.24, 2.45) is 0 Å². The first-order chi connectivity index (χ1) is 5.29. The number of rotatable bonds is 2. The zero-order valence-electron chi connectivity index (χ0n) is 6.01. The Morgan fingerprint density at radius 2 is 0.923 bits per heavy atom. The molecule has 0 rings (SSSR count). The normalized spacial score (nSPS) is 8.46. The van der Waals surface area contributed by atoms with E-state index in [4.69, 9.17) is 19.8 Å². The number of hydrogen-bond donors (Lipinski definition) is 0. The van der Waals surface area contributed by atoms with Gasteiger partial charge < -0.3 is 19.8 Å². The van der Waals surface area contributed by atoms with Crippen LogP contribution in [-0.2, 0) is 9.59 Å². The van der Waals surface area contributed by atoms with Crippen LogP contribution in [0.4, 0.5) is 17.6 Å². The van der Waals surface area contributed by atoms with E-state index in [2.05, 4.69) is 0 Å². The number of alkyl halides is 4. The summed E-state index contributed by atoms with van der Waals surface area (Å²) in [6.07, 6.45) is -6.69. The Bertz CT molecular complexity index is 144. The summed E-state index contributed by atoms with van der Waals surface area (Å²) >= 11 is 0. The van der Waals surface area contributed by atoms with Crippen molar-refractivity contribution in [2.75, 3.05) is 0 Å². The van der Waals surface area contributed by atoms with Crippen LogP contribution in [-0.4, -0.2) is 47.8 Å². The molecular weight excluding hydrogens is 212 g/mol. The predicted molar refractivity (Wildman–Crippen MR) is 27.8 cm³/mol. The molecular formula is C4H2F4MgO4. The fourth-order valence-electron chi connectivity index (χ4n) is 0. The largest absolute Gasteiger partial charge is 2.00 e. The van der Waals surface area contributed by atoms with Crippen LogP contribution >= 0.6 is 0 Å². The molecule has 0 N–H and O–H groups in total. The van der Waals surface area contributed by atoms with Gasteiger partial charge in [0.1, 0.15) is 11.9 Å². The van der Waals surface area contributed by atoms with Gasteiger partial charge in [-0.3, -0.25) is 0 Å². The molecule has 0 aromatic carbocycles. The number of carboxylic acids is 2. The maximum atomic E-state index is 10.5. The van der Waals surface area contributed by atoms with Crippen molar-refractivity contribution < 1.29 is 37.4 Å². The molecule has 9 heteroatoms. The van der Waals surface area contributed by atoms with Gasteiger partial charge in [-0.2, -0.15) is 0 Å². The van der Waals surface area contributed by atoms with Crippen molar-refractivity contribution in [1.82, 2.24) is 0 Å². The zero-order valence-corrected chi connectivity index (χ0v) is 7.42. The zero-order chi connectivity index (χ0) is 10.3. The van der Waals surface area contributed by atoms with Crippen molar-refractivity contribution in [1.29, 1.82) is 0 Å². The van der Waals surface area contributed by atoms with Crippen LogP contribution in [0.25, 0.3) is 0 Å². The molecule has 0 aromatic heterocycles. The number of aliphatic carboxylic acids is 2. The van der Waals surface area contributed by atoms with Crippen LogP contribution in [0.3, 0.4) is 0 Å². The van der Waals surface area contributed by atoms with Crippen LogP contribution in [0.1, 0.15) is 0 Å². The first kappa shape index (κ1) is 18.3. The average Bonchev–Trinajstić information content (AvgIpc) is 1.88. The first-order valence-corrected chi connectivity index (χ1v) is 2.27. The van der Waals surface area contributed by atoms with E-state index in [1.807, 2.05) is 0 Å². The SMILES string of the molecule is O=C([O-])C(F)F.O=C([O-])C(F)F.[Mg+2]. The standard InChI is InChI=1S/2C2H2F2O2.Mg/c2*3-1(4)2(5)6;/h2*1H,(H,5,6);/q;;+2/p-2. The molecule has 0 heterocycles. The molecule has 0 aliphatic carbocycles. The summed E-state index contributed by atoms with van der Waals surface area (Å²) in [5.74, 6) is -4.65. The van der Waals surface area contributed by atoms with Crippen LogP contribution in [0.5, 0.6) is 0 Å². The van der Waals surface area contributed by atoms with Gasteiger partial charge in [-0.25, -0.2) is 17.6 Å². The van der Waals surface area contributed by atoms with Gasteiger partial charge in [0, 0.05) is 0 Å². The van der Waals surface area contributed by atoms with Gasteiger partial charge in [0.2, 0.25) is 0 Å². The fraction of sp³-hybridized carbons (Fsp3) is 0.500. The molecule has 0 aliphatic heterocycles. The number of carboxylic acid groups (broad SMARTS) is 2. The van der Waals surface area contributed by atoms with E-state index >= 15 is 0 Å². The van der Waals surface area contributed by atoms with Gasteiger partial charge >= 0.3 is 23.1 Å². The number of hydrogen-bond acceptors (Lipinski definition) is 4. The van der Waals surface area contributed by atoms with Gasteiger partial charge in [0.25, 0.3) is 12.9 Å². The van der Waals surface area contributed by atoms with E-state index in [-0.39, 0.29) is 23.1 Å². The minimum absolute atomic E-state index is 0. The summed E-state index contributed by atoms with van der Waals surface area (Å²) in [7, 11) is 0. The van der Waals surface area contributed by atoms with E-state index in [0.29, 0.717) is 0 Å². The second-order valence-corrected chi connectivity index (χ2v) is 1.24. The molecule has 0 atom stereocenters. The monoisotopic (exact) mass is 214 g/mol. The summed E-state index contributed by atoms with van der Waals surface area (Å²) < 4.78 is 42.0. The molecule has 0 bridgehead atoms. The van der Waals surface area contributed by atoms with Crippen LogP contribution in [0.15, 0.2) is 0 Å². The Balaban J connectivity index is -0.000000143. The molecule has 72 valence electrons. The van der Waals surface area contributed by atoms with Crippen LogP contribution < -0.4 is 10.2 Å². The maximum Gasteiger partial charge on any atom is 2.00 e. The third-order valence-electron chi connectivity index (χ3n) is 0.356. The minimum Gasteiger partial charge on any atom is -0.544 e. The average molecular weight is 214 g/mol. The molecule has 0 saturated carbocycles. The molecule has 4 nitrogen and oxygen atoms in total. The number of halogens is 4. The Kier molecular flexibility index (Phi) is 13.4. The Morgan fingerprint density at radius 1 is 0.846 bits per heavy atom. The van der Waals surface area contributed by atoms with Crippen molar-refractivity contribution >= 4 is 35.0 Å². The molecule has 0 saturated heterocycles. The van der Waals surface area contributed by atoms with Gasteiger partial charge in [-0.05, 0) is 0 Å². The summed E-state index contributed by atoms with van der Waals surface area (Å²) in [6.45, 7) is 0. The molecule has 0 aliphatic rings. The second kappa shape index (κ2) is 9.51. The van der Waals surface area contributed by atoms with Crippen molar-refractivity contribution in [3.8, 4) is 0 Å². The molecule has 0 spiro atoms. The van der Waals surface area contributed by atoms with Gasteiger partial charge in [0.15, 0.2) is 0 Å². The summed E-state index contributed by atoms with van der Waals surface area (Å²) in [6, 6.07) is 0. The molecule has 0 aromatic rings. The second-order valence-electron chi connectivity index (χ2n) is 1.24. The summed E-state index contributed by atoms with van der Waals surface area (Å²) in [4.78, 5) is 17.7. The third-order valence-corrected chi connectivity index (χ3v) is 0.356. The van der Waals surface area contributed by atoms with E-state index in [1.54, 1.807) is 0 Å². The first-order valence-electron chi connectivity index (χ1n) is 2.27. The Labute approximate surface area is 85.7 Å². The van der Waals surface area contributed by atoms with Crippen molar-refractivity contribution in [3.63, 3.8) is 0 Å². The predicted octanol–water partition coefficient (Wildman–Crippen LogP) is -2.38.